The predicted molar refractivity (Wildman–Crippen MR) is 78.1 cm³/mol. The van der Waals surface area contributed by atoms with Crippen LogP contribution in [-0.2, 0) is 10.3 Å². The minimum absolute atomic E-state index is 0.162. The lowest BCUT2D eigenvalue weighted by molar-refractivity contribution is -0.146. The largest absolute Gasteiger partial charge is 0.480 e. The quantitative estimate of drug-likeness (QED) is 0.792. The van der Waals surface area contributed by atoms with Crippen LogP contribution in [0.1, 0.15) is 46.1 Å². The third kappa shape index (κ3) is 3.80. The molecule has 0 saturated heterocycles. The van der Waals surface area contributed by atoms with Gasteiger partial charge in [-0.2, -0.15) is 0 Å². The molecule has 2 unspecified atom stereocenters. The summed E-state index contributed by atoms with van der Waals surface area (Å²) in [6.07, 6.45) is 1.48. The molecule has 0 aromatic heterocycles. The lowest BCUT2D eigenvalue weighted by Crippen LogP contribution is -2.53. The number of hydrogen-bond donors (Lipinski definition) is 2. The van der Waals surface area contributed by atoms with Gasteiger partial charge in [0.05, 0.1) is 0 Å². The molecule has 1 aromatic rings. The van der Waals surface area contributed by atoms with Crippen molar-refractivity contribution in [3.05, 3.63) is 35.9 Å². The molecule has 0 fully saturated rings. The second-order valence-corrected chi connectivity index (χ2v) is 5.63. The zero-order valence-corrected chi connectivity index (χ0v) is 12.3. The van der Waals surface area contributed by atoms with Crippen molar-refractivity contribution < 1.29 is 9.90 Å². The first-order valence-corrected chi connectivity index (χ1v) is 6.99. The molecule has 0 aliphatic heterocycles. The van der Waals surface area contributed by atoms with Crippen molar-refractivity contribution in [2.24, 2.45) is 5.92 Å². The van der Waals surface area contributed by atoms with E-state index < -0.39 is 11.5 Å². The molecule has 2 N–H and O–H groups in total. The first-order valence-electron chi connectivity index (χ1n) is 6.99. The summed E-state index contributed by atoms with van der Waals surface area (Å²) >= 11 is 0. The van der Waals surface area contributed by atoms with Gasteiger partial charge in [0.25, 0.3) is 0 Å². The Morgan fingerprint density at radius 1 is 1.26 bits per heavy atom. The second-order valence-electron chi connectivity index (χ2n) is 5.63. The summed E-state index contributed by atoms with van der Waals surface area (Å²) in [5.41, 5.74) is -0.165. The molecule has 0 radical (unpaired) electrons. The highest BCUT2D eigenvalue weighted by molar-refractivity contribution is 5.81. The SMILES string of the molecule is CCC(C)NC(CC(C)C)(C(=O)O)c1ccccc1. The topological polar surface area (TPSA) is 49.3 Å². The molecule has 19 heavy (non-hydrogen) atoms. The molecule has 3 nitrogen and oxygen atoms in total. The van der Waals surface area contributed by atoms with Gasteiger partial charge in [-0.25, -0.2) is 4.79 Å². The van der Waals surface area contributed by atoms with Crippen molar-refractivity contribution in [2.45, 2.75) is 52.1 Å². The smallest absolute Gasteiger partial charge is 0.328 e. The van der Waals surface area contributed by atoms with Crippen molar-refractivity contribution in [3.63, 3.8) is 0 Å². The first-order chi connectivity index (χ1) is 8.92. The van der Waals surface area contributed by atoms with Gasteiger partial charge in [0.1, 0.15) is 5.54 Å². The molecular formula is C16H25NO2. The third-order valence-electron chi connectivity index (χ3n) is 3.45. The van der Waals surface area contributed by atoms with Crippen LogP contribution in [0, 0.1) is 5.92 Å². The third-order valence-corrected chi connectivity index (χ3v) is 3.45. The molecule has 2 atom stereocenters. The van der Waals surface area contributed by atoms with Crippen molar-refractivity contribution in [3.8, 4) is 0 Å². The van der Waals surface area contributed by atoms with E-state index in [1.54, 1.807) is 0 Å². The van der Waals surface area contributed by atoms with Gasteiger partial charge in [0, 0.05) is 6.04 Å². The molecule has 0 bridgehead atoms. The van der Waals surface area contributed by atoms with Gasteiger partial charge in [-0.05, 0) is 31.2 Å². The Hall–Kier alpha value is -1.35. The standard InChI is InChI=1S/C16H25NO2/c1-5-13(4)17-16(15(18)19,11-12(2)3)14-9-7-6-8-10-14/h6-10,12-13,17H,5,11H2,1-4H3,(H,18,19). The van der Waals surface area contributed by atoms with Gasteiger partial charge < -0.3 is 5.11 Å². The zero-order valence-electron chi connectivity index (χ0n) is 12.3. The Balaban J connectivity index is 3.23. The van der Waals surface area contributed by atoms with Crippen LogP contribution < -0.4 is 5.32 Å². The summed E-state index contributed by atoms with van der Waals surface area (Å²) < 4.78 is 0. The monoisotopic (exact) mass is 263 g/mol. The number of carboxylic acid groups (broad SMARTS) is 1. The molecule has 0 heterocycles. The van der Waals surface area contributed by atoms with E-state index in [4.69, 9.17) is 0 Å². The maximum atomic E-state index is 11.9. The van der Waals surface area contributed by atoms with Crippen LogP contribution in [0.5, 0.6) is 0 Å². The Morgan fingerprint density at radius 2 is 1.84 bits per heavy atom. The van der Waals surface area contributed by atoms with Crippen LogP contribution in [0.4, 0.5) is 0 Å². The van der Waals surface area contributed by atoms with Gasteiger partial charge in [-0.3, -0.25) is 5.32 Å². The molecule has 0 aliphatic rings. The van der Waals surface area contributed by atoms with Gasteiger partial charge in [0.2, 0.25) is 0 Å². The molecule has 1 rings (SSSR count). The Labute approximate surface area is 116 Å². The fourth-order valence-corrected chi connectivity index (χ4v) is 2.39. The number of rotatable bonds is 7. The average Bonchev–Trinajstić information content (AvgIpc) is 2.37. The molecular weight excluding hydrogens is 238 g/mol. The highest BCUT2D eigenvalue weighted by Crippen LogP contribution is 2.30. The Morgan fingerprint density at radius 3 is 2.26 bits per heavy atom. The highest BCUT2D eigenvalue weighted by atomic mass is 16.4. The molecule has 3 heteroatoms. The number of benzene rings is 1. The predicted octanol–water partition coefficient (Wildman–Crippen LogP) is 3.40. The lowest BCUT2D eigenvalue weighted by Gasteiger charge is -2.35. The van der Waals surface area contributed by atoms with Crippen LogP contribution in [0.15, 0.2) is 30.3 Å². The maximum Gasteiger partial charge on any atom is 0.328 e. The summed E-state index contributed by atoms with van der Waals surface area (Å²) in [5.74, 6) is -0.499. The summed E-state index contributed by atoms with van der Waals surface area (Å²) in [5, 5.41) is 13.1. The lowest BCUT2D eigenvalue weighted by atomic mass is 9.81. The van der Waals surface area contributed by atoms with E-state index >= 15 is 0 Å². The average molecular weight is 263 g/mol. The molecule has 1 aromatic carbocycles. The number of hydrogen-bond acceptors (Lipinski definition) is 2. The number of aliphatic carboxylic acids is 1. The van der Waals surface area contributed by atoms with Gasteiger partial charge in [-0.1, -0.05) is 51.1 Å². The fraction of sp³-hybridized carbons (Fsp3) is 0.562. The fourth-order valence-electron chi connectivity index (χ4n) is 2.39. The van der Waals surface area contributed by atoms with E-state index in [0.717, 1.165) is 12.0 Å². The molecule has 0 spiro atoms. The van der Waals surface area contributed by atoms with Crippen molar-refractivity contribution in [2.75, 3.05) is 0 Å². The van der Waals surface area contributed by atoms with E-state index in [9.17, 15) is 9.90 Å². The van der Waals surface area contributed by atoms with E-state index in [2.05, 4.69) is 26.1 Å². The van der Waals surface area contributed by atoms with Crippen molar-refractivity contribution in [1.29, 1.82) is 0 Å². The van der Waals surface area contributed by atoms with Crippen LogP contribution in [0.3, 0.4) is 0 Å². The first kappa shape index (κ1) is 15.7. The van der Waals surface area contributed by atoms with Crippen molar-refractivity contribution in [1.82, 2.24) is 5.32 Å². The van der Waals surface area contributed by atoms with Crippen LogP contribution >= 0.6 is 0 Å². The number of carboxylic acids is 1. The minimum Gasteiger partial charge on any atom is -0.480 e. The van der Waals surface area contributed by atoms with E-state index in [1.165, 1.54) is 0 Å². The summed E-state index contributed by atoms with van der Waals surface area (Å²) in [6.45, 7) is 8.20. The molecule has 106 valence electrons. The Bertz CT molecular complexity index is 402. The van der Waals surface area contributed by atoms with Crippen molar-refractivity contribution >= 4 is 5.97 Å². The Kier molecular flexibility index (Phi) is 5.55. The minimum atomic E-state index is -0.995. The molecule has 0 amide bonds. The van der Waals surface area contributed by atoms with Gasteiger partial charge >= 0.3 is 5.97 Å². The van der Waals surface area contributed by atoms with E-state index in [1.807, 2.05) is 37.3 Å². The zero-order chi connectivity index (χ0) is 14.5. The molecule has 0 aliphatic carbocycles. The maximum absolute atomic E-state index is 11.9. The summed E-state index contributed by atoms with van der Waals surface area (Å²) in [4.78, 5) is 11.9. The van der Waals surface area contributed by atoms with Crippen LogP contribution in [0.25, 0.3) is 0 Å². The van der Waals surface area contributed by atoms with Crippen LogP contribution in [0.2, 0.25) is 0 Å². The number of carbonyl (C=O) groups is 1. The highest BCUT2D eigenvalue weighted by Gasteiger charge is 2.41. The summed E-state index contributed by atoms with van der Waals surface area (Å²) in [6, 6.07) is 9.65. The number of nitrogens with one attached hydrogen (secondary N) is 1. The normalized spacial score (nSPS) is 16.1. The summed E-state index contributed by atoms with van der Waals surface area (Å²) in [7, 11) is 0. The van der Waals surface area contributed by atoms with Gasteiger partial charge in [0.15, 0.2) is 0 Å². The van der Waals surface area contributed by atoms with Crippen LogP contribution in [-0.4, -0.2) is 17.1 Å². The molecule has 0 saturated carbocycles. The van der Waals surface area contributed by atoms with E-state index in [0.29, 0.717) is 12.3 Å². The van der Waals surface area contributed by atoms with Gasteiger partial charge in [-0.15, -0.1) is 0 Å². The second kappa shape index (κ2) is 6.71. The van der Waals surface area contributed by atoms with E-state index in [-0.39, 0.29) is 6.04 Å².